The molecular formula is C30H25ClN2O8S. The molecule has 12 heteroatoms. The number of aromatic nitrogens is 1. The molecule has 0 amide bonds. The highest BCUT2D eigenvalue weighted by atomic mass is 35.5. The number of carbonyl (C=O) groups is 2. The predicted molar refractivity (Wildman–Crippen MR) is 156 cm³/mol. The first-order valence-electron chi connectivity index (χ1n) is 12.7. The van der Waals surface area contributed by atoms with Gasteiger partial charge < -0.3 is 23.7 Å². The minimum atomic E-state index is -1.16. The fourth-order valence-corrected chi connectivity index (χ4v) is 5.91. The van der Waals surface area contributed by atoms with Crippen molar-refractivity contribution < 1.29 is 33.3 Å². The van der Waals surface area contributed by atoms with E-state index in [1.165, 1.54) is 30.9 Å². The summed E-state index contributed by atoms with van der Waals surface area (Å²) in [5.41, 5.74) is 1.26. The maximum absolute atomic E-state index is 13.9. The Morgan fingerprint density at radius 3 is 2.62 bits per heavy atom. The van der Waals surface area contributed by atoms with Gasteiger partial charge in [0.1, 0.15) is 29.1 Å². The Hall–Kier alpha value is -4.61. The van der Waals surface area contributed by atoms with E-state index in [0.717, 1.165) is 11.3 Å². The Kier molecular flexibility index (Phi) is 8.06. The first kappa shape index (κ1) is 28.9. The molecule has 1 aliphatic rings. The molecule has 5 rings (SSSR count). The number of rotatable bonds is 8. The van der Waals surface area contributed by atoms with Crippen molar-refractivity contribution in [2.24, 2.45) is 4.99 Å². The van der Waals surface area contributed by atoms with Gasteiger partial charge in [0, 0.05) is 23.3 Å². The molecule has 1 N–H and O–H groups in total. The molecule has 0 aliphatic carbocycles. The molecule has 0 spiro atoms. The van der Waals surface area contributed by atoms with Crippen molar-refractivity contribution in [2.45, 2.75) is 19.9 Å². The zero-order valence-electron chi connectivity index (χ0n) is 23.0. The third-order valence-electron chi connectivity index (χ3n) is 6.63. The molecule has 4 aromatic rings. The van der Waals surface area contributed by atoms with Gasteiger partial charge in [0.15, 0.2) is 4.80 Å². The lowest BCUT2D eigenvalue weighted by Crippen LogP contribution is -2.40. The van der Waals surface area contributed by atoms with Gasteiger partial charge in [-0.05, 0) is 56.3 Å². The summed E-state index contributed by atoms with van der Waals surface area (Å²) in [6, 6.07) is 12.2. The van der Waals surface area contributed by atoms with Gasteiger partial charge in [0.2, 0.25) is 0 Å². The van der Waals surface area contributed by atoms with Crippen molar-refractivity contribution in [1.82, 2.24) is 4.57 Å². The summed E-state index contributed by atoms with van der Waals surface area (Å²) in [5, 5.41) is 9.51. The predicted octanol–water partition coefficient (Wildman–Crippen LogP) is 4.43. The van der Waals surface area contributed by atoms with E-state index in [2.05, 4.69) is 4.99 Å². The number of halogens is 1. The summed E-state index contributed by atoms with van der Waals surface area (Å²) in [7, 11) is 3.03. The third-order valence-corrected chi connectivity index (χ3v) is 7.95. The van der Waals surface area contributed by atoms with Crippen LogP contribution in [0.15, 0.2) is 74.0 Å². The highest BCUT2D eigenvalue weighted by Crippen LogP contribution is 2.37. The van der Waals surface area contributed by atoms with Crippen LogP contribution < -0.4 is 24.4 Å². The van der Waals surface area contributed by atoms with Gasteiger partial charge in [-0.2, -0.15) is 0 Å². The average Bonchev–Trinajstić information content (AvgIpc) is 3.56. The van der Waals surface area contributed by atoms with Gasteiger partial charge in [-0.25, -0.2) is 14.6 Å². The quantitative estimate of drug-likeness (QED) is 0.291. The molecule has 0 saturated heterocycles. The van der Waals surface area contributed by atoms with E-state index in [1.54, 1.807) is 56.3 Å². The van der Waals surface area contributed by atoms with Crippen molar-refractivity contribution >= 4 is 41.0 Å². The summed E-state index contributed by atoms with van der Waals surface area (Å²) in [5.74, 6) is -0.0157. The maximum Gasteiger partial charge on any atom is 0.338 e. The minimum absolute atomic E-state index is 0.0536. The SMILES string of the molecule is CCOC(=O)C1=C(C)N=c2s/c(=C\c3ccc(-c4ccc(Cl)c(C(=O)O)c4)o3)c(=O)n2[C@@H]1c1ccc(OC)cc1OC. The third kappa shape index (κ3) is 5.24. The van der Waals surface area contributed by atoms with E-state index in [4.69, 9.17) is 30.2 Å². The lowest BCUT2D eigenvalue weighted by atomic mass is 9.95. The second kappa shape index (κ2) is 11.7. The van der Waals surface area contributed by atoms with Crippen LogP contribution in [-0.4, -0.2) is 42.4 Å². The van der Waals surface area contributed by atoms with Crippen LogP contribution in [0.2, 0.25) is 5.02 Å². The van der Waals surface area contributed by atoms with Crippen LogP contribution in [0.25, 0.3) is 17.4 Å². The number of methoxy groups -OCH3 is 2. The van der Waals surface area contributed by atoms with Crippen LogP contribution in [0.1, 0.15) is 41.6 Å². The van der Waals surface area contributed by atoms with E-state index in [-0.39, 0.29) is 22.8 Å². The normalized spacial score (nSPS) is 14.8. The minimum Gasteiger partial charge on any atom is -0.497 e. The topological polar surface area (TPSA) is 130 Å². The van der Waals surface area contributed by atoms with Crippen molar-refractivity contribution in [2.75, 3.05) is 20.8 Å². The zero-order valence-corrected chi connectivity index (χ0v) is 24.5. The fourth-order valence-electron chi connectivity index (χ4n) is 4.69. The standard InChI is InChI=1S/C30H25ClN2O8S/c1-5-40-29(37)25-15(2)32-30-33(26(25)19-9-7-17(38-3)13-23(19)39-4)27(34)24(42-30)14-18-8-11-22(41-18)16-6-10-21(31)20(12-16)28(35)36/h6-14,26H,5H2,1-4H3,(H,35,36)/b24-14-/t26-/m1/s1. The highest BCUT2D eigenvalue weighted by Gasteiger charge is 2.35. The second-order valence-corrected chi connectivity index (χ2v) is 10.5. The van der Waals surface area contributed by atoms with Crippen LogP contribution in [0, 0.1) is 0 Å². The first-order chi connectivity index (χ1) is 20.2. The number of furan rings is 1. The Labute approximate surface area is 248 Å². The number of allylic oxidation sites excluding steroid dienone is 1. The van der Waals surface area contributed by atoms with Crippen molar-refractivity contribution in [3.05, 3.63) is 101 Å². The Morgan fingerprint density at radius 2 is 1.93 bits per heavy atom. The molecule has 0 unspecified atom stereocenters. The van der Waals surface area contributed by atoms with Crippen LogP contribution >= 0.6 is 22.9 Å². The number of carboxylic acid groups (broad SMARTS) is 1. The van der Waals surface area contributed by atoms with Crippen LogP contribution in [0.4, 0.5) is 0 Å². The molecule has 2 aromatic heterocycles. The lowest BCUT2D eigenvalue weighted by molar-refractivity contribution is -0.139. The number of benzene rings is 2. The van der Waals surface area contributed by atoms with Gasteiger partial charge >= 0.3 is 11.9 Å². The largest absolute Gasteiger partial charge is 0.497 e. The Morgan fingerprint density at radius 1 is 1.14 bits per heavy atom. The summed E-state index contributed by atoms with van der Waals surface area (Å²) >= 11 is 7.14. The van der Waals surface area contributed by atoms with E-state index >= 15 is 0 Å². The van der Waals surface area contributed by atoms with E-state index in [1.807, 2.05) is 0 Å². The number of carboxylic acids is 1. The molecule has 216 valence electrons. The monoisotopic (exact) mass is 608 g/mol. The van der Waals surface area contributed by atoms with Gasteiger partial charge in [0.05, 0.1) is 47.2 Å². The molecule has 0 saturated carbocycles. The summed E-state index contributed by atoms with van der Waals surface area (Å²) in [4.78, 5) is 43.6. The molecule has 0 radical (unpaired) electrons. The molecule has 0 bridgehead atoms. The van der Waals surface area contributed by atoms with E-state index in [0.29, 0.717) is 49.2 Å². The smallest absolute Gasteiger partial charge is 0.338 e. The van der Waals surface area contributed by atoms with Gasteiger partial charge in [-0.3, -0.25) is 9.36 Å². The zero-order chi connectivity index (χ0) is 30.1. The van der Waals surface area contributed by atoms with Crippen molar-refractivity contribution in [3.8, 4) is 22.8 Å². The number of carbonyl (C=O) groups excluding carboxylic acids is 1. The fraction of sp³-hybridized carbons (Fsp3) is 0.200. The molecule has 2 aromatic carbocycles. The second-order valence-electron chi connectivity index (χ2n) is 9.11. The first-order valence-corrected chi connectivity index (χ1v) is 13.9. The van der Waals surface area contributed by atoms with Crippen LogP contribution in [0.3, 0.4) is 0 Å². The number of aromatic carboxylic acids is 1. The molecule has 0 fully saturated rings. The Balaban J connectivity index is 1.65. The highest BCUT2D eigenvalue weighted by molar-refractivity contribution is 7.07. The number of fused-ring (bicyclic) bond motifs is 1. The summed E-state index contributed by atoms with van der Waals surface area (Å²) < 4.78 is 24.0. The molecular weight excluding hydrogens is 584 g/mol. The van der Waals surface area contributed by atoms with Gasteiger partial charge in [0.25, 0.3) is 5.56 Å². The number of ether oxygens (including phenoxy) is 3. The number of nitrogens with zero attached hydrogens (tertiary/aromatic N) is 2. The number of thiazole rings is 1. The lowest BCUT2D eigenvalue weighted by Gasteiger charge is -2.26. The molecule has 10 nitrogen and oxygen atoms in total. The maximum atomic E-state index is 13.9. The van der Waals surface area contributed by atoms with Crippen LogP contribution in [-0.2, 0) is 9.53 Å². The van der Waals surface area contributed by atoms with Crippen molar-refractivity contribution in [3.63, 3.8) is 0 Å². The number of hydrogen-bond donors (Lipinski definition) is 1. The summed E-state index contributed by atoms with van der Waals surface area (Å²) in [6.07, 6.45) is 1.58. The van der Waals surface area contributed by atoms with Crippen molar-refractivity contribution in [1.29, 1.82) is 0 Å². The van der Waals surface area contributed by atoms with Gasteiger partial charge in [-0.15, -0.1) is 0 Å². The molecule has 1 atom stereocenters. The molecule has 3 heterocycles. The van der Waals surface area contributed by atoms with E-state index in [9.17, 15) is 19.5 Å². The Bertz CT molecular complexity index is 1930. The number of hydrogen-bond acceptors (Lipinski definition) is 9. The van der Waals surface area contributed by atoms with Gasteiger partial charge in [-0.1, -0.05) is 22.9 Å². The number of esters is 1. The molecule has 42 heavy (non-hydrogen) atoms. The van der Waals surface area contributed by atoms with Crippen LogP contribution in [0.5, 0.6) is 11.5 Å². The summed E-state index contributed by atoms with van der Waals surface area (Å²) in [6.45, 7) is 3.55. The van der Waals surface area contributed by atoms with E-state index < -0.39 is 23.5 Å². The molecule has 1 aliphatic heterocycles. The average molecular weight is 609 g/mol.